The molecular weight excluding hydrogens is 284 g/mol. The number of hydrogen-bond donors (Lipinski definition) is 1. The zero-order valence-corrected chi connectivity index (χ0v) is 12.8. The molecule has 0 aliphatic carbocycles. The maximum atomic E-state index is 11.6. The van der Waals surface area contributed by atoms with Crippen molar-refractivity contribution in [2.75, 3.05) is 12.4 Å². The normalized spacial score (nSPS) is 15.4. The topological polar surface area (TPSA) is 32.3 Å². The molecule has 2 aromatic rings. The summed E-state index contributed by atoms with van der Waals surface area (Å²) in [5.74, 6) is 0. The predicted octanol–water partition coefficient (Wildman–Crippen LogP) is 4.30. The maximum Gasteiger partial charge on any atom is 0.321 e. The molecule has 1 unspecified atom stereocenters. The van der Waals surface area contributed by atoms with Crippen molar-refractivity contribution in [1.82, 2.24) is 4.90 Å². The number of urea groups is 1. The molecule has 0 aromatic heterocycles. The summed E-state index contributed by atoms with van der Waals surface area (Å²) < 4.78 is 0. The van der Waals surface area contributed by atoms with Gasteiger partial charge in [-0.05, 0) is 29.7 Å². The molecule has 21 heavy (non-hydrogen) atoms. The fraction of sp³-hybridized carbons (Fsp3) is 0.235. The Morgan fingerprint density at radius 1 is 1.14 bits per heavy atom. The van der Waals surface area contributed by atoms with Gasteiger partial charge in [0.15, 0.2) is 0 Å². The van der Waals surface area contributed by atoms with Gasteiger partial charge < -0.3 is 10.2 Å². The van der Waals surface area contributed by atoms with Crippen LogP contribution in [0.4, 0.5) is 10.5 Å². The first-order valence-corrected chi connectivity index (χ1v) is 7.34. The molecule has 0 saturated heterocycles. The highest BCUT2D eigenvalue weighted by atomic mass is 35.5. The van der Waals surface area contributed by atoms with Gasteiger partial charge in [-0.25, -0.2) is 4.79 Å². The van der Waals surface area contributed by atoms with Gasteiger partial charge in [0.05, 0.1) is 5.38 Å². The van der Waals surface area contributed by atoms with E-state index in [1.165, 1.54) is 5.56 Å². The Labute approximate surface area is 129 Å². The zero-order valence-electron chi connectivity index (χ0n) is 12.1. The molecule has 2 aromatic carbocycles. The van der Waals surface area contributed by atoms with Crippen molar-refractivity contribution in [2.45, 2.75) is 18.8 Å². The summed E-state index contributed by atoms with van der Waals surface area (Å²) in [7, 11) is 1.78. The van der Waals surface area contributed by atoms with Gasteiger partial charge in [-0.15, -0.1) is 11.6 Å². The maximum absolute atomic E-state index is 11.6. The lowest BCUT2D eigenvalue weighted by atomic mass is 9.99. The molecule has 1 aliphatic heterocycles. The second-order valence-corrected chi connectivity index (χ2v) is 5.91. The van der Waals surface area contributed by atoms with Gasteiger partial charge in [0.25, 0.3) is 0 Å². The standard InChI is InChI=1S/C17H17ClN2O/c1-11-3-5-12(6-4-11)16(18)13-7-8-15-14(9-13)10-20(2)17(21)19-15/h3-9,16H,10H2,1-2H3,(H,19,21). The van der Waals surface area contributed by atoms with Crippen molar-refractivity contribution < 1.29 is 4.79 Å². The molecule has 2 amide bonds. The molecule has 0 radical (unpaired) electrons. The van der Waals surface area contributed by atoms with E-state index in [0.29, 0.717) is 6.54 Å². The summed E-state index contributed by atoms with van der Waals surface area (Å²) in [6.07, 6.45) is 0. The van der Waals surface area contributed by atoms with Crippen LogP contribution in [0.5, 0.6) is 0 Å². The van der Waals surface area contributed by atoms with Crippen LogP contribution in [0.15, 0.2) is 42.5 Å². The van der Waals surface area contributed by atoms with E-state index < -0.39 is 0 Å². The molecule has 108 valence electrons. The summed E-state index contributed by atoms with van der Waals surface area (Å²) in [5, 5.41) is 2.69. The number of carbonyl (C=O) groups excluding carboxylic acids is 1. The third kappa shape index (κ3) is 2.74. The number of nitrogens with zero attached hydrogens (tertiary/aromatic N) is 1. The highest BCUT2D eigenvalue weighted by molar-refractivity contribution is 6.22. The van der Waals surface area contributed by atoms with Gasteiger partial charge in [-0.2, -0.15) is 0 Å². The van der Waals surface area contributed by atoms with Crippen LogP contribution in [-0.2, 0) is 6.54 Å². The van der Waals surface area contributed by atoms with E-state index in [1.807, 2.05) is 12.1 Å². The quantitative estimate of drug-likeness (QED) is 0.824. The minimum Gasteiger partial charge on any atom is -0.323 e. The Hall–Kier alpha value is -2.00. The number of carbonyl (C=O) groups is 1. The molecule has 1 atom stereocenters. The minimum atomic E-state index is -0.182. The second kappa shape index (κ2) is 5.41. The number of hydrogen-bond acceptors (Lipinski definition) is 1. The Bertz CT molecular complexity index is 682. The van der Waals surface area contributed by atoms with Crippen LogP contribution in [-0.4, -0.2) is 18.0 Å². The summed E-state index contributed by atoms with van der Waals surface area (Å²) in [6.45, 7) is 2.66. The third-order valence-electron chi connectivity index (χ3n) is 3.79. The highest BCUT2D eigenvalue weighted by Crippen LogP contribution is 2.32. The van der Waals surface area contributed by atoms with Gasteiger partial charge in [0, 0.05) is 19.3 Å². The van der Waals surface area contributed by atoms with Crippen molar-refractivity contribution in [1.29, 1.82) is 0 Å². The number of benzene rings is 2. The lowest BCUT2D eigenvalue weighted by Gasteiger charge is -2.26. The van der Waals surface area contributed by atoms with Crippen molar-refractivity contribution in [3.8, 4) is 0 Å². The fourth-order valence-electron chi connectivity index (χ4n) is 2.49. The molecule has 1 heterocycles. The number of aryl methyl sites for hydroxylation is 1. The van der Waals surface area contributed by atoms with E-state index in [-0.39, 0.29) is 11.4 Å². The molecule has 0 spiro atoms. The molecule has 1 aliphatic rings. The molecule has 4 heteroatoms. The molecule has 0 bridgehead atoms. The Balaban J connectivity index is 1.91. The Morgan fingerprint density at radius 3 is 2.52 bits per heavy atom. The van der Waals surface area contributed by atoms with Crippen molar-refractivity contribution >= 4 is 23.3 Å². The van der Waals surface area contributed by atoms with Gasteiger partial charge in [-0.3, -0.25) is 0 Å². The first kappa shape index (κ1) is 14.0. The largest absolute Gasteiger partial charge is 0.323 e. The first-order chi connectivity index (χ1) is 10.0. The molecule has 3 rings (SSSR count). The van der Waals surface area contributed by atoms with Crippen LogP contribution in [0.2, 0.25) is 0 Å². The molecule has 3 nitrogen and oxygen atoms in total. The number of halogens is 1. The third-order valence-corrected chi connectivity index (χ3v) is 4.29. The monoisotopic (exact) mass is 300 g/mol. The van der Waals surface area contributed by atoms with E-state index in [2.05, 4.69) is 42.6 Å². The highest BCUT2D eigenvalue weighted by Gasteiger charge is 2.20. The Kier molecular flexibility index (Phi) is 3.60. The van der Waals surface area contributed by atoms with Crippen molar-refractivity contribution in [3.05, 3.63) is 64.7 Å². The van der Waals surface area contributed by atoms with Crippen molar-refractivity contribution in [2.24, 2.45) is 0 Å². The van der Waals surface area contributed by atoms with Gasteiger partial charge in [0.1, 0.15) is 0 Å². The average Bonchev–Trinajstić information content (AvgIpc) is 2.48. The summed E-state index contributed by atoms with van der Waals surface area (Å²) in [6, 6.07) is 14.1. The summed E-state index contributed by atoms with van der Waals surface area (Å²) in [4.78, 5) is 13.3. The van der Waals surface area contributed by atoms with Gasteiger partial charge in [-0.1, -0.05) is 42.0 Å². The fourth-order valence-corrected chi connectivity index (χ4v) is 2.77. The number of rotatable bonds is 2. The van der Waals surface area contributed by atoms with E-state index in [9.17, 15) is 4.79 Å². The average molecular weight is 301 g/mol. The van der Waals surface area contributed by atoms with Crippen LogP contribution >= 0.6 is 11.6 Å². The smallest absolute Gasteiger partial charge is 0.321 e. The number of nitrogens with one attached hydrogen (secondary N) is 1. The van der Waals surface area contributed by atoms with Crippen LogP contribution in [0.25, 0.3) is 0 Å². The van der Waals surface area contributed by atoms with E-state index in [0.717, 1.165) is 22.4 Å². The van der Waals surface area contributed by atoms with Gasteiger partial charge in [0.2, 0.25) is 0 Å². The predicted molar refractivity (Wildman–Crippen MR) is 85.8 cm³/mol. The first-order valence-electron chi connectivity index (χ1n) is 6.90. The number of amides is 2. The lowest BCUT2D eigenvalue weighted by Crippen LogP contribution is -2.35. The molecule has 0 fully saturated rings. The van der Waals surface area contributed by atoms with Crippen LogP contribution < -0.4 is 5.32 Å². The lowest BCUT2D eigenvalue weighted by molar-refractivity contribution is 0.218. The van der Waals surface area contributed by atoms with Crippen molar-refractivity contribution in [3.63, 3.8) is 0 Å². The van der Waals surface area contributed by atoms with Crippen LogP contribution in [0.3, 0.4) is 0 Å². The SMILES string of the molecule is Cc1ccc(C(Cl)c2ccc3c(c2)CN(C)C(=O)N3)cc1. The molecule has 0 saturated carbocycles. The minimum absolute atomic E-state index is 0.0730. The number of alkyl halides is 1. The second-order valence-electron chi connectivity index (χ2n) is 5.48. The summed E-state index contributed by atoms with van der Waals surface area (Å²) >= 11 is 6.59. The Morgan fingerprint density at radius 2 is 1.81 bits per heavy atom. The van der Waals surface area contributed by atoms with E-state index >= 15 is 0 Å². The summed E-state index contributed by atoms with van der Waals surface area (Å²) in [5.41, 5.74) is 5.30. The number of fused-ring (bicyclic) bond motifs is 1. The molecule has 1 N–H and O–H groups in total. The van der Waals surface area contributed by atoms with Gasteiger partial charge >= 0.3 is 6.03 Å². The van der Waals surface area contributed by atoms with E-state index in [4.69, 9.17) is 11.6 Å². The van der Waals surface area contributed by atoms with Crippen LogP contribution in [0, 0.1) is 6.92 Å². The molecular formula is C17H17ClN2O. The van der Waals surface area contributed by atoms with Crippen LogP contribution in [0.1, 0.15) is 27.6 Å². The van der Waals surface area contributed by atoms with E-state index in [1.54, 1.807) is 11.9 Å². The zero-order chi connectivity index (χ0) is 15.0. The number of anilines is 1.